The lowest BCUT2D eigenvalue weighted by Gasteiger charge is -2.07. The molecule has 0 atom stereocenters. The summed E-state index contributed by atoms with van der Waals surface area (Å²) in [5.41, 5.74) is 0.195. The molecule has 0 amide bonds. The van der Waals surface area contributed by atoms with Gasteiger partial charge in [-0.1, -0.05) is 6.07 Å². The van der Waals surface area contributed by atoms with Crippen LogP contribution in [0.25, 0.3) is 0 Å². The molecule has 0 bridgehead atoms. The summed E-state index contributed by atoms with van der Waals surface area (Å²) >= 11 is 0. The van der Waals surface area contributed by atoms with Gasteiger partial charge in [-0.25, -0.2) is 8.42 Å². The maximum atomic E-state index is 12.2. The van der Waals surface area contributed by atoms with Gasteiger partial charge in [-0.15, -0.1) is 0 Å². The third-order valence-electron chi connectivity index (χ3n) is 2.80. The molecule has 5 nitrogen and oxygen atoms in total. The van der Waals surface area contributed by atoms with E-state index in [-0.39, 0.29) is 22.6 Å². The molecule has 0 aliphatic rings. The highest BCUT2D eigenvalue weighted by atomic mass is 32.2. The highest BCUT2D eigenvalue weighted by Gasteiger charge is 2.14. The first-order valence-electron chi connectivity index (χ1n) is 5.90. The first-order valence-corrected chi connectivity index (χ1v) is 7.55. The fraction of sp³-hybridized carbons (Fsp3) is 0.143. The Morgan fingerprint density at radius 3 is 2.50 bits per heavy atom. The standard InChI is InChI=1S/C14H12N2O3S/c15-11-12-2-1-3-14(10-12)20(18,19)9-8-16-6-4-13(17)5-7-16/h1-7,10H,8-9H2. The SMILES string of the molecule is N#Cc1cccc(S(=O)(=O)CCn2ccc(=O)cc2)c1. The van der Waals surface area contributed by atoms with E-state index in [2.05, 4.69) is 0 Å². The summed E-state index contributed by atoms with van der Waals surface area (Å²) < 4.78 is 25.9. The second-order valence-electron chi connectivity index (χ2n) is 4.23. The first-order chi connectivity index (χ1) is 9.51. The van der Waals surface area contributed by atoms with Crippen molar-refractivity contribution in [2.45, 2.75) is 11.4 Å². The molecule has 0 radical (unpaired) electrons. The molecule has 0 spiro atoms. The molecule has 0 saturated carbocycles. The average molecular weight is 288 g/mol. The van der Waals surface area contributed by atoms with Crippen molar-refractivity contribution in [1.82, 2.24) is 4.57 Å². The lowest BCUT2D eigenvalue weighted by molar-refractivity contribution is 0.588. The van der Waals surface area contributed by atoms with E-state index < -0.39 is 9.84 Å². The Hall–Kier alpha value is -2.39. The van der Waals surface area contributed by atoms with Gasteiger partial charge in [-0.05, 0) is 18.2 Å². The van der Waals surface area contributed by atoms with Crippen LogP contribution in [0.3, 0.4) is 0 Å². The number of aromatic nitrogens is 1. The topological polar surface area (TPSA) is 79.9 Å². The molecule has 2 rings (SSSR count). The van der Waals surface area contributed by atoms with Gasteiger partial charge in [0.25, 0.3) is 0 Å². The van der Waals surface area contributed by atoms with Crippen LogP contribution in [0, 0.1) is 11.3 Å². The lowest BCUT2D eigenvalue weighted by Crippen LogP contribution is -2.14. The Kier molecular flexibility index (Phi) is 4.01. The summed E-state index contributed by atoms with van der Waals surface area (Å²) in [6, 6.07) is 10.6. The number of hydrogen-bond donors (Lipinski definition) is 0. The minimum absolute atomic E-state index is 0.0925. The zero-order valence-corrected chi connectivity index (χ0v) is 11.4. The Bertz CT molecular complexity index is 796. The van der Waals surface area contributed by atoms with Gasteiger partial charge in [0.05, 0.1) is 22.3 Å². The van der Waals surface area contributed by atoms with Gasteiger partial charge in [0.2, 0.25) is 0 Å². The van der Waals surface area contributed by atoms with Crippen LogP contribution in [0.4, 0.5) is 0 Å². The molecule has 0 fully saturated rings. The van der Waals surface area contributed by atoms with E-state index in [4.69, 9.17) is 5.26 Å². The van der Waals surface area contributed by atoms with Gasteiger partial charge in [-0.3, -0.25) is 4.79 Å². The van der Waals surface area contributed by atoms with E-state index in [1.807, 2.05) is 6.07 Å². The molecule has 20 heavy (non-hydrogen) atoms. The molecule has 6 heteroatoms. The smallest absolute Gasteiger partial charge is 0.181 e. The van der Waals surface area contributed by atoms with Crippen LogP contribution in [0.5, 0.6) is 0 Å². The number of pyridine rings is 1. The number of nitriles is 1. The monoisotopic (exact) mass is 288 g/mol. The Morgan fingerprint density at radius 2 is 1.85 bits per heavy atom. The number of aryl methyl sites for hydroxylation is 1. The van der Waals surface area contributed by atoms with Crippen LogP contribution in [0.15, 0.2) is 58.5 Å². The molecular formula is C14H12N2O3S. The molecule has 2 aromatic rings. The molecule has 0 saturated heterocycles. The predicted molar refractivity (Wildman–Crippen MR) is 73.9 cm³/mol. The summed E-state index contributed by atoms with van der Waals surface area (Å²) in [5.74, 6) is -0.0925. The van der Waals surface area contributed by atoms with Crippen LogP contribution < -0.4 is 5.43 Å². The van der Waals surface area contributed by atoms with Crippen LogP contribution in [-0.4, -0.2) is 18.7 Å². The molecule has 1 aromatic heterocycles. The summed E-state index contributed by atoms with van der Waals surface area (Å²) in [6.45, 7) is 0.249. The van der Waals surface area contributed by atoms with Gasteiger partial charge >= 0.3 is 0 Å². The van der Waals surface area contributed by atoms with Crippen molar-refractivity contribution >= 4 is 9.84 Å². The van der Waals surface area contributed by atoms with Gasteiger partial charge < -0.3 is 4.57 Å². The number of sulfone groups is 1. The van der Waals surface area contributed by atoms with E-state index >= 15 is 0 Å². The van der Waals surface area contributed by atoms with E-state index in [0.717, 1.165) is 0 Å². The fourth-order valence-electron chi connectivity index (χ4n) is 1.70. The van der Waals surface area contributed by atoms with Gasteiger partial charge in [0, 0.05) is 31.1 Å². The molecule has 102 valence electrons. The van der Waals surface area contributed by atoms with Crippen LogP contribution in [0.1, 0.15) is 5.56 Å². The largest absolute Gasteiger partial charge is 0.353 e. The number of benzene rings is 1. The first kappa shape index (κ1) is 14.0. The summed E-state index contributed by atoms with van der Waals surface area (Å²) in [4.78, 5) is 11.1. The molecular weight excluding hydrogens is 276 g/mol. The van der Waals surface area contributed by atoms with Crippen LogP contribution in [0.2, 0.25) is 0 Å². The minimum Gasteiger partial charge on any atom is -0.353 e. The average Bonchev–Trinajstić information content (AvgIpc) is 2.47. The normalized spacial score (nSPS) is 10.9. The van der Waals surface area contributed by atoms with E-state index in [9.17, 15) is 13.2 Å². The highest BCUT2D eigenvalue weighted by Crippen LogP contribution is 2.13. The Balaban J connectivity index is 2.17. The van der Waals surface area contributed by atoms with Crippen LogP contribution >= 0.6 is 0 Å². The number of rotatable bonds is 4. The van der Waals surface area contributed by atoms with Crippen molar-refractivity contribution < 1.29 is 8.42 Å². The molecule has 0 aliphatic heterocycles. The maximum absolute atomic E-state index is 12.2. The molecule has 1 heterocycles. The van der Waals surface area contributed by atoms with Crippen molar-refractivity contribution in [2.24, 2.45) is 0 Å². The quantitative estimate of drug-likeness (QED) is 0.846. The molecule has 0 aliphatic carbocycles. The van der Waals surface area contributed by atoms with E-state index in [0.29, 0.717) is 5.56 Å². The predicted octanol–water partition coefficient (Wildman–Crippen LogP) is 1.19. The van der Waals surface area contributed by atoms with Crippen molar-refractivity contribution in [3.8, 4) is 6.07 Å². The summed E-state index contributed by atoms with van der Waals surface area (Å²) in [6.07, 6.45) is 3.09. The van der Waals surface area contributed by atoms with Gasteiger partial charge in [0.1, 0.15) is 0 Å². The fourth-order valence-corrected chi connectivity index (χ4v) is 2.97. The summed E-state index contributed by atoms with van der Waals surface area (Å²) in [7, 11) is -3.45. The highest BCUT2D eigenvalue weighted by molar-refractivity contribution is 7.91. The maximum Gasteiger partial charge on any atom is 0.181 e. The van der Waals surface area contributed by atoms with E-state index in [1.165, 1.54) is 24.3 Å². The van der Waals surface area contributed by atoms with E-state index in [1.54, 1.807) is 29.1 Å². The molecule has 0 N–H and O–H groups in total. The molecule has 0 unspecified atom stereocenters. The van der Waals surface area contributed by atoms with Crippen molar-refractivity contribution in [2.75, 3.05) is 5.75 Å². The second kappa shape index (κ2) is 5.72. The Morgan fingerprint density at radius 1 is 1.15 bits per heavy atom. The van der Waals surface area contributed by atoms with Crippen LogP contribution in [-0.2, 0) is 16.4 Å². The minimum atomic E-state index is -3.45. The lowest BCUT2D eigenvalue weighted by atomic mass is 10.2. The number of hydrogen-bond acceptors (Lipinski definition) is 4. The number of nitrogens with zero attached hydrogens (tertiary/aromatic N) is 2. The zero-order chi connectivity index (χ0) is 14.6. The Labute approximate surface area is 116 Å². The van der Waals surface area contributed by atoms with Gasteiger partial charge in [0.15, 0.2) is 15.3 Å². The van der Waals surface area contributed by atoms with Crippen molar-refractivity contribution in [3.05, 3.63) is 64.6 Å². The third-order valence-corrected chi connectivity index (χ3v) is 4.49. The second-order valence-corrected chi connectivity index (χ2v) is 6.34. The summed E-state index contributed by atoms with van der Waals surface area (Å²) in [5, 5.41) is 8.78. The zero-order valence-electron chi connectivity index (χ0n) is 10.6. The molecule has 1 aromatic carbocycles. The van der Waals surface area contributed by atoms with Crippen molar-refractivity contribution in [3.63, 3.8) is 0 Å². The third kappa shape index (κ3) is 3.33. The van der Waals surface area contributed by atoms with Gasteiger partial charge in [-0.2, -0.15) is 5.26 Å². The van der Waals surface area contributed by atoms with Crippen molar-refractivity contribution in [1.29, 1.82) is 5.26 Å².